The molecule has 0 spiro atoms. The number of imidazole rings is 1. The maximum atomic E-state index is 11.6. The van der Waals surface area contributed by atoms with Crippen LogP contribution in [-0.4, -0.2) is 30.3 Å². The van der Waals surface area contributed by atoms with Crippen molar-refractivity contribution in [2.45, 2.75) is 39.5 Å². The summed E-state index contributed by atoms with van der Waals surface area (Å²) in [6.45, 7) is 6.55. The van der Waals surface area contributed by atoms with Crippen LogP contribution in [0.3, 0.4) is 0 Å². The van der Waals surface area contributed by atoms with E-state index in [4.69, 9.17) is 0 Å². The minimum absolute atomic E-state index is 0.185. The molecule has 2 aromatic rings. The molecule has 22 heavy (non-hydrogen) atoms. The van der Waals surface area contributed by atoms with Crippen LogP contribution in [0.4, 0.5) is 0 Å². The van der Waals surface area contributed by atoms with Crippen molar-refractivity contribution in [1.29, 1.82) is 0 Å². The monoisotopic (exact) mass is 323 g/mol. The highest BCUT2D eigenvalue weighted by atomic mass is 32.2. The Bertz CT molecular complexity index is 748. The topological polar surface area (TPSA) is 64.0 Å². The van der Waals surface area contributed by atoms with E-state index in [1.54, 1.807) is 0 Å². The standard InChI is InChI=1S/C16H25N3O2S/c1-5-10-22(20,21)17-9-8-13-6-7-15-14(11-13)18-16(12(2)3)19(15)4/h6-7,11-12,17H,5,8-10H2,1-4H3. The van der Waals surface area contributed by atoms with E-state index in [0.717, 1.165) is 22.4 Å². The maximum Gasteiger partial charge on any atom is 0.211 e. The molecule has 0 aliphatic carbocycles. The van der Waals surface area contributed by atoms with Crippen LogP contribution in [0.2, 0.25) is 0 Å². The molecule has 0 fully saturated rings. The first-order valence-electron chi connectivity index (χ1n) is 7.76. The summed E-state index contributed by atoms with van der Waals surface area (Å²) in [5.41, 5.74) is 3.18. The molecule has 1 aromatic carbocycles. The van der Waals surface area contributed by atoms with Gasteiger partial charge in [-0.15, -0.1) is 0 Å². The van der Waals surface area contributed by atoms with E-state index in [0.29, 0.717) is 25.3 Å². The first kappa shape index (κ1) is 17.0. The SMILES string of the molecule is CCCS(=O)(=O)NCCc1ccc2c(c1)nc(C(C)C)n2C. The van der Waals surface area contributed by atoms with Gasteiger partial charge in [0.05, 0.1) is 16.8 Å². The highest BCUT2D eigenvalue weighted by Crippen LogP contribution is 2.21. The lowest BCUT2D eigenvalue weighted by atomic mass is 10.1. The van der Waals surface area contributed by atoms with Crippen LogP contribution in [0, 0.1) is 0 Å². The van der Waals surface area contributed by atoms with Crippen LogP contribution in [0.5, 0.6) is 0 Å². The molecule has 1 aromatic heterocycles. The van der Waals surface area contributed by atoms with E-state index in [9.17, 15) is 8.42 Å². The molecule has 0 radical (unpaired) electrons. The fraction of sp³-hybridized carbons (Fsp3) is 0.562. The van der Waals surface area contributed by atoms with E-state index in [1.807, 2.05) is 20.0 Å². The summed E-state index contributed by atoms with van der Waals surface area (Å²) in [7, 11) is -1.10. The third-order valence-electron chi connectivity index (χ3n) is 3.70. The van der Waals surface area contributed by atoms with Gasteiger partial charge in [-0.25, -0.2) is 18.1 Å². The summed E-state index contributed by atoms with van der Waals surface area (Å²) in [5.74, 6) is 1.63. The van der Waals surface area contributed by atoms with Gasteiger partial charge in [0.2, 0.25) is 10.0 Å². The maximum absolute atomic E-state index is 11.6. The predicted molar refractivity (Wildman–Crippen MR) is 90.6 cm³/mol. The van der Waals surface area contributed by atoms with Crippen molar-refractivity contribution >= 4 is 21.1 Å². The summed E-state index contributed by atoms with van der Waals surface area (Å²) < 4.78 is 28.0. The summed E-state index contributed by atoms with van der Waals surface area (Å²) in [5, 5.41) is 0. The van der Waals surface area contributed by atoms with Gasteiger partial charge in [-0.2, -0.15) is 0 Å². The lowest BCUT2D eigenvalue weighted by molar-refractivity contribution is 0.580. The number of nitrogens with one attached hydrogen (secondary N) is 1. The molecule has 2 rings (SSSR count). The Morgan fingerprint density at radius 3 is 2.68 bits per heavy atom. The number of rotatable bonds is 7. The quantitative estimate of drug-likeness (QED) is 0.852. The van der Waals surface area contributed by atoms with Crippen molar-refractivity contribution in [3.05, 3.63) is 29.6 Å². The number of aryl methyl sites for hydroxylation is 1. The van der Waals surface area contributed by atoms with Crippen molar-refractivity contribution in [2.75, 3.05) is 12.3 Å². The van der Waals surface area contributed by atoms with Gasteiger partial charge < -0.3 is 4.57 Å². The molecular formula is C16H25N3O2S. The Hall–Kier alpha value is -1.40. The van der Waals surface area contributed by atoms with Crippen LogP contribution in [0.25, 0.3) is 11.0 Å². The molecular weight excluding hydrogens is 298 g/mol. The van der Waals surface area contributed by atoms with Crippen molar-refractivity contribution in [3.8, 4) is 0 Å². The predicted octanol–water partition coefficient (Wildman–Crippen LogP) is 2.57. The fourth-order valence-electron chi connectivity index (χ4n) is 2.63. The summed E-state index contributed by atoms with van der Waals surface area (Å²) in [6.07, 6.45) is 1.31. The molecule has 0 aliphatic heterocycles. The Labute approximate surface area is 132 Å². The number of hydrogen-bond donors (Lipinski definition) is 1. The zero-order valence-electron chi connectivity index (χ0n) is 13.8. The Morgan fingerprint density at radius 1 is 1.32 bits per heavy atom. The number of hydrogen-bond acceptors (Lipinski definition) is 3. The summed E-state index contributed by atoms with van der Waals surface area (Å²) >= 11 is 0. The average Bonchev–Trinajstić information content (AvgIpc) is 2.75. The second-order valence-corrected chi connectivity index (χ2v) is 7.90. The van der Waals surface area contributed by atoms with Crippen molar-refractivity contribution in [1.82, 2.24) is 14.3 Å². The molecule has 0 saturated heterocycles. The lowest BCUT2D eigenvalue weighted by Gasteiger charge is -2.06. The minimum Gasteiger partial charge on any atom is -0.331 e. The normalized spacial score (nSPS) is 12.4. The number of sulfonamides is 1. The number of benzene rings is 1. The van der Waals surface area contributed by atoms with Gasteiger partial charge in [-0.3, -0.25) is 0 Å². The largest absolute Gasteiger partial charge is 0.331 e. The molecule has 6 heteroatoms. The molecule has 5 nitrogen and oxygen atoms in total. The molecule has 0 unspecified atom stereocenters. The van der Waals surface area contributed by atoms with Gasteiger partial charge in [-0.1, -0.05) is 26.8 Å². The highest BCUT2D eigenvalue weighted by molar-refractivity contribution is 7.89. The van der Waals surface area contributed by atoms with Crippen LogP contribution in [0.1, 0.15) is 44.5 Å². The second kappa shape index (κ2) is 6.79. The molecule has 1 N–H and O–H groups in total. The zero-order chi connectivity index (χ0) is 16.3. The van der Waals surface area contributed by atoms with Gasteiger partial charge in [0.25, 0.3) is 0 Å². The Morgan fingerprint density at radius 2 is 2.05 bits per heavy atom. The molecule has 0 bridgehead atoms. The number of aromatic nitrogens is 2. The minimum atomic E-state index is -3.13. The van der Waals surface area contributed by atoms with Gasteiger partial charge in [-0.05, 0) is 30.5 Å². The molecule has 0 amide bonds. The van der Waals surface area contributed by atoms with Gasteiger partial charge >= 0.3 is 0 Å². The van der Waals surface area contributed by atoms with E-state index in [2.05, 4.69) is 40.3 Å². The molecule has 0 aliphatic rings. The van der Waals surface area contributed by atoms with Crippen LogP contribution >= 0.6 is 0 Å². The van der Waals surface area contributed by atoms with Crippen LogP contribution in [0.15, 0.2) is 18.2 Å². The Kier molecular flexibility index (Phi) is 5.24. The summed E-state index contributed by atoms with van der Waals surface area (Å²) in [4.78, 5) is 4.68. The van der Waals surface area contributed by atoms with E-state index in [1.165, 1.54) is 0 Å². The zero-order valence-corrected chi connectivity index (χ0v) is 14.6. The van der Waals surface area contributed by atoms with Crippen molar-refractivity contribution in [2.24, 2.45) is 7.05 Å². The molecule has 1 heterocycles. The van der Waals surface area contributed by atoms with Crippen LogP contribution in [-0.2, 0) is 23.5 Å². The first-order valence-corrected chi connectivity index (χ1v) is 9.42. The molecule has 122 valence electrons. The smallest absolute Gasteiger partial charge is 0.211 e. The fourth-order valence-corrected chi connectivity index (χ4v) is 3.72. The third kappa shape index (κ3) is 3.87. The Balaban J connectivity index is 2.10. The number of nitrogens with zero attached hydrogens (tertiary/aromatic N) is 2. The summed E-state index contributed by atoms with van der Waals surface area (Å²) in [6, 6.07) is 6.15. The second-order valence-electron chi connectivity index (χ2n) is 5.97. The number of fused-ring (bicyclic) bond motifs is 1. The van der Waals surface area contributed by atoms with Crippen LogP contribution < -0.4 is 4.72 Å². The molecule has 0 atom stereocenters. The van der Waals surface area contributed by atoms with Gasteiger partial charge in [0.15, 0.2) is 0 Å². The van der Waals surface area contributed by atoms with Gasteiger partial charge in [0, 0.05) is 19.5 Å². The highest BCUT2D eigenvalue weighted by Gasteiger charge is 2.12. The molecule has 0 saturated carbocycles. The third-order valence-corrected chi connectivity index (χ3v) is 5.29. The van der Waals surface area contributed by atoms with E-state index >= 15 is 0 Å². The average molecular weight is 323 g/mol. The van der Waals surface area contributed by atoms with E-state index < -0.39 is 10.0 Å². The van der Waals surface area contributed by atoms with Crippen molar-refractivity contribution < 1.29 is 8.42 Å². The van der Waals surface area contributed by atoms with Gasteiger partial charge in [0.1, 0.15) is 5.82 Å². The first-order chi connectivity index (χ1) is 10.3. The van der Waals surface area contributed by atoms with E-state index in [-0.39, 0.29) is 5.75 Å². The lowest BCUT2D eigenvalue weighted by Crippen LogP contribution is -2.28. The van der Waals surface area contributed by atoms with Crippen molar-refractivity contribution in [3.63, 3.8) is 0 Å².